The zero-order valence-electron chi connectivity index (χ0n) is 16.4. The first kappa shape index (κ1) is 20.2. The van der Waals surface area contributed by atoms with Crippen LogP contribution in [0.2, 0.25) is 0 Å². The monoisotopic (exact) mass is 421 g/mol. The molecule has 156 valence electrons. The lowest BCUT2D eigenvalue weighted by Gasteiger charge is -2.37. The van der Waals surface area contributed by atoms with E-state index in [1.54, 1.807) is 13.0 Å². The maximum absolute atomic E-state index is 14.9. The Balaban J connectivity index is 1.68. The molecule has 0 amide bonds. The molecule has 2 aliphatic rings. The molecule has 0 spiro atoms. The van der Waals surface area contributed by atoms with E-state index in [1.807, 2.05) is 16.4 Å². The topological polar surface area (TPSA) is 86.0 Å². The third kappa shape index (κ3) is 3.51. The molecular weight excluding hydrogens is 397 g/mol. The van der Waals surface area contributed by atoms with Crippen molar-refractivity contribution in [2.75, 3.05) is 37.6 Å². The Morgan fingerprint density at radius 1 is 1.31 bits per heavy atom. The summed E-state index contributed by atoms with van der Waals surface area (Å²) in [5, 5.41) is 19.4. The standard InChI is InChI=1S/C20H24FN3O4S/c1-11(25)3-4-22-5-7-23(8-6-22)16-10-15-13(9-14(16)21)18(26)17(20(27)28)19-24(15)12(2)29-19/h9-12,25H,3-8H2,1-2H3,(H,27,28). The number of aliphatic hydroxyl groups is 1. The Morgan fingerprint density at radius 2 is 2.00 bits per heavy atom. The number of anilines is 1. The molecule has 2 aliphatic heterocycles. The number of hydrogen-bond acceptors (Lipinski definition) is 6. The fourth-order valence-corrected chi connectivity index (χ4v) is 5.20. The molecule has 1 aromatic heterocycles. The molecule has 0 aliphatic carbocycles. The van der Waals surface area contributed by atoms with Crippen molar-refractivity contribution in [3.8, 4) is 0 Å². The van der Waals surface area contributed by atoms with Crippen molar-refractivity contribution in [2.24, 2.45) is 0 Å². The van der Waals surface area contributed by atoms with E-state index in [9.17, 15) is 24.2 Å². The van der Waals surface area contributed by atoms with Gasteiger partial charge in [0, 0.05) is 38.1 Å². The van der Waals surface area contributed by atoms with E-state index in [0.717, 1.165) is 19.6 Å². The van der Waals surface area contributed by atoms with Gasteiger partial charge in [-0.25, -0.2) is 9.18 Å². The summed E-state index contributed by atoms with van der Waals surface area (Å²) in [6.45, 7) is 7.35. The first-order valence-electron chi connectivity index (χ1n) is 9.75. The fraction of sp³-hybridized carbons (Fsp3) is 0.500. The first-order valence-corrected chi connectivity index (χ1v) is 10.6. The summed E-state index contributed by atoms with van der Waals surface area (Å²) in [4.78, 5) is 28.4. The average molecular weight is 421 g/mol. The number of carboxylic acids is 1. The predicted molar refractivity (Wildman–Crippen MR) is 111 cm³/mol. The van der Waals surface area contributed by atoms with Gasteiger partial charge in [-0.2, -0.15) is 0 Å². The molecule has 0 radical (unpaired) electrons. The van der Waals surface area contributed by atoms with Crippen LogP contribution in [0, 0.1) is 5.82 Å². The molecule has 29 heavy (non-hydrogen) atoms. The van der Waals surface area contributed by atoms with Crippen LogP contribution < -0.4 is 10.3 Å². The maximum atomic E-state index is 14.9. The highest BCUT2D eigenvalue weighted by atomic mass is 32.2. The number of aromatic nitrogens is 1. The van der Waals surface area contributed by atoms with Gasteiger partial charge in [-0.1, -0.05) is 11.8 Å². The minimum absolute atomic E-state index is 0.0122. The summed E-state index contributed by atoms with van der Waals surface area (Å²) in [5.41, 5.74) is 0.106. The molecule has 0 saturated carbocycles. The summed E-state index contributed by atoms with van der Waals surface area (Å²) >= 11 is 1.34. The van der Waals surface area contributed by atoms with Crippen molar-refractivity contribution in [1.82, 2.24) is 9.47 Å². The lowest BCUT2D eigenvalue weighted by molar-refractivity contribution is 0.0689. The van der Waals surface area contributed by atoms with Gasteiger partial charge in [0.1, 0.15) is 11.4 Å². The van der Waals surface area contributed by atoms with Gasteiger partial charge >= 0.3 is 5.97 Å². The van der Waals surface area contributed by atoms with Crippen molar-refractivity contribution in [3.05, 3.63) is 33.7 Å². The van der Waals surface area contributed by atoms with Crippen LogP contribution in [0.4, 0.5) is 10.1 Å². The number of aliphatic hydroxyl groups excluding tert-OH is 1. The second-order valence-electron chi connectivity index (χ2n) is 7.69. The lowest BCUT2D eigenvalue weighted by atomic mass is 10.1. The predicted octanol–water partition coefficient (Wildman–Crippen LogP) is 2.36. The second-order valence-corrected chi connectivity index (χ2v) is 8.99. The minimum atomic E-state index is -1.28. The zero-order valence-corrected chi connectivity index (χ0v) is 17.2. The number of carbonyl (C=O) groups is 1. The van der Waals surface area contributed by atoms with Crippen LogP contribution in [-0.4, -0.2) is 64.5 Å². The van der Waals surface area contributed by atoms with Crippen molar-refractivity contribution in [2.45, 2.75) is 36.8 Å². The van der Waals surface area contributed by atoms with Crippen molar-refractivity contribution < 1.29 is 19.4 Å². The molecule has 2 N–H and O–H groups in total. The summed E-state index contributed by atoms with van der Waals surface area (Å²) < 4.78 is 16.7. The Hall–Kier alpha value is -2.10. The molecule has 2 unspecified atom stereocenters. The van der Waals surface area contributed by atoms with E-state index in [4.69, 9.17) is 0 Å². The molecular formula is C20H24FN3O4S. The van der Waals surface area contributed by atoms with Crippen molar-refractivity contribution in [1.29, 1.82) is 0 Å². The highest BCUT2D eigenvalue weighted by Crippen LogP contribution is 2.46. The fourth-order valence-electron chi connectivity index (χ4n) is 4.05. The second kappa shape index (κ2) is 7.62. The summed E-state index contributed by atoms with van der Waals surface area (Å²) in [7, 11) is 0. The number of aromatic carboxylic acids is 1. The average Bonchev–Trinajstić information content (AvgIpc) is 2.66. The van der Waals surface area contributed by atoms with E-state index in [2.05, 4.69) is 4.90 Å². The van der Waals surface area contributed by atoms with Gasteiger partial charge < -0.3 is 19.7 Å². The van der Waals surface area contributed by atoms with Gasteiger partial charge in [-0.3, -0.25) is 9.69 Å². The highest BCUT2D eigenvalue weighted by Gasteiger charge is 2.33. The normalized spacial score (nSPS) is 20.4. The zero-order chi connectivity index (χ0) is 20.9. The van der Waals surface area contributed by atoms with Crippen molar-refractivity contribution in [3.63, 3.8) is 0 Å². The van der Waals surface area contributed by atoms with Gasteiger partial charge in [0.25, 0.3) is 0 Å². The van der Waals surface area contributed by atoms with Crippen molar-refractivity contribution >= 4 is 34.3 Å². The molecule has 3 heterocycles. The van der Waals surface area contributed by atoms with Crippen LogP contribution in [0.25, 0.3) is 10.9 Å². The smallest absolute Gasteiger partial charge is 0.342 e. The highest BCUT2D eigenvalue weighted by molar-refractivity contribution is 8.00. The van der Waals surface area contributed by atoms with Crippen LogP contribution >= 0.6 is 11.8 Å². The number of rotatable bonds is 5. The molecule has 4 rings (SSSR count). The van der Waals surface area contributed by atoms with E-state index >= 15 is 0 Å². The largest absolute Gasteiger partial charge is 0.477 e. The number of carboxylic acid groups (broad SMARTS) is 1. The summed E-state index contributed by atoms with van der Waals surface area (Å²) in [6.07, 6.45) is 0.374. The summed E-state index contributed by atoms with van der Waals surface area (Å²) in [5.74, 6) is -1.79. The number of benzene rings is 1. The third-order valence-electron chi connectivity index (χ3n) is 5.66. The Kier molecular flexibility index (Phi) is 5.30. The van der Waals surface area contributed by atoms with E-state index in [-0.39, 0.29) is 22.4 Å². The Bertz CT molecular complexity index is 1030. The molecule has 1 aromatic carbocycles. The van der Waals surface area contributed by atoms with Gasteiger partial charge in [0.2, 0.25) is 5.43 Å². The molecule has 9 heteroatoms. The SMILES string of the molecule is CC(O)CCN1CCN(c2cc3c(cc2F)c(=O)c(C(=O)O)c2n3C(C)S2)CC1. The van der Waals surface area contributed by atoms with Gasteiger partial charge in [-0.05, 0) is 32.4 Å². The lowest BCUT2D eigenvalue weighted by Crippen LogP contribution is -2.47. The Labute approximate surface area is 171 Å². The van der Waals surface area contributed by atoms with Gasteiger partial charge in [0.15, 0.2) is 0 Å². The van der Waals surface area contributed by atoms with Crippen LogP contribution in [0.3, 0.4) is 0 Å². The number of fused-ring (bicyclic) bond motifs is 3. The maximum Gasteiger partial charge on any atom is 0.342 e. The number of thioether (sulfide) groups is 1. The number of nitrogens with zero attached hydrogens (tertiary/aromatic N) is 3. The number of halogens is 1. The molecule has 2 aromatic rings. The van der Waals surface area contributed by atoms with Gasteiger partial charge in [0.05, 0.1) is 27.7 Å². The molecule has 2 atom stereocenters. The molecule has 0 bridgehead atoms. The van der Waals surface area contributed by atoms with E-state index in [0.29, 0.717) is 35.7 Å². The van der Waals surface area contributed by atoms with Crippen LogP contribution in [0.5, 0.6) is 0 Å². The van der Waals surface area contributed by atoms with E-state index in [1.165, 1.54) is 17.8 Å². The minimum Gasteiger partial charge on any atom is -0.477 e. The molecule has 1 saturated heterocycles. The first-order chi connectivity index (χ1) is 13.8. The van der Waals surface area contributed by atoms with Crippen LogP contribution in [0.15, 0.2) is 22.0 Å². The number of pyridine rings is 1. The Morgan fingerprint density at radius 3 is 2.59 bits per heavy atom. The molecule has 7 nitrogen and oxygen atoms in total. The van der Waals surface area contributed by atoms with Gasteiger partial charge in [-0.15, -0.1) is 0 Å². The summed E-state index contributed by atoms with van der Waals surface area (Å²) in [6, 6.07) is 2.87. The van der Waals surface area contributed by atoms with Crippen LogP contribution in [0.1, 0.15) is 36.0 Å². The third-order valence-corrected chi connectivity index (χ3v) is 6.84. The number of piperazine rings is 1. The quantitative estimate of drug-likeness (QED) is 0.767. The number of hydrogen-bond donors (Lipinski definition) is 2. The van der Waals surface area contributed by atoms with E-state index < -0.39 is 17.2 Å². The van der Waals surface area contributed by atoms with Crippen LogP contribution in [-0.2, 0) is 0 Å². The molecule has 1 fully saturated rings.